The number of hydrogen-bond acceptors (Lipinski definition) is 2. The van der Waals surface area contributed by atoms with Crippen LogP contribution in [0.2, 0.25) is 0 Å². The van der Waals surface area contributed by atoms with Crippen molar-refractivity contribution in [3.63, 3.8) is 0 Å². The van der Waals surface area contributed by atoms with Crippen LogP contribution < -0.4 is 0 Å². The highest BCUT2D eigenvalue weighted by atomic mass is 16.3. The first-order valence-electron chi connectivity index (χ1n) is 6.54. The van der Waals surface area contributed by atoms with Crippen molar-refractivity contribution in [2.45, 2.75) is 65.6 Å². The summed E-state index contributed by atoms with van der Waals surface area (Å²) in [5, 5.41) is 20.8. The molecule has 0 heterocycles. The van der Waals surface area contributed by atoms with Crippen LogP contribution in [0.1, 0.15) is 53.9 Å². The predicted molar refractivity (Wildman–Crippen MR) is 65.0 cm³/mol. The first-order valence-corrected chi connectivity index (χ1v) is 6.54. The Kier molecular flexibility index (Phi) is 2.50. The molecule has 2 aliphatic carbocycles. The number of aliphatic hydroxyl groups is 2. The fourth-order valence-corrected chi connectivity index (χ4v) is 4.35. The van der Waals surface area contributed by atoms with Gasteiger partial charge in [-0.3, -0.25) is 0 Å². The van der Waals surface area contributed by atoms with Gasteiger partial charge in [-0.25, -0.2) is 0 Å². The fraction of sp³-hybridized carbons (Fsp3) is 1.00. The van der Waals surface area contributed by atoms with E-state index >= 15 is 0 Å². The van der Waals surface area contributed by atoms with Gasteiger partial charge in [-0.1, -0.05) is 27.7 Å². The number of fused-ring (bicyclic) bond motifs is 1. The van der Waals surface area contributed by atoms with E-state index in [-0.39, 0.29) is 10.8 Å². The van der Waals surface area contributed by atoms with Crippen molar-refractivity contribution in [1.82, 2.24) is 0 Å². The van der Waals surface area contributed by atoms with Gasteiger partial charge in [0, 0.05) is 0 Å². The number of aliphatic hydroxyl groups excluding tert-OH is 1. The minimum Gasteiger partial charge on any atom is -0.390 e. The van der Waals surface area contributed by atoms with E-state index in [1.54, 1.807) is 6.92 Å². The zero-order chi connectivity index (χ0) is 12.4. The third kappa shape index (κ3) is 1.26. The Bertz CT molecular complexity index is 295. The molecule has 2 fully saturated rings. The molecule has 0 spiro atoms. The minimum absolute atomic E-state index is 0.200. The molecule has 2 aliphatic rings. The van der Waals surface area contributed by atoms with Crippen LogP contribution in [0.15, 0.2) is 0 Å². The van der Waals surface area contributed by atoms with Crippen LogP contribution in [0.5, 0.6) is 0 Å². The molecule has 5 atom stereocenters. The maximum Gasteiger partial charge on any atom is 0.0931 e. The Labute approximate surface area is 99.1 Å². The van der Waals surface area contributed by atoms with Gasteiger partial charge in [0.15, 0.2) is 0 Å². The van der Waals surface area contributed by atoms with Gasteiger partial charge in [0.1, 0.15) is 0 Å². The minimum atomic E-state index is -0.957. The Morgan fingerprint density at radius 2 is 1.62 bits per heavy atom. The van der Waals surface area contributed by atoms with Crippen LogP contribution >= 0.6 is 0 Å². The second kappa shape index (κ2) is 3.23. The SMILES string of the molecule is C[C@@H]1CC[C@H]2C(C)(C)[C@@](C)(O)[C@@H](O)C[C@]12C. The second-order valence-electron chi connectivity index (χ2n) is 7.13. The van der Waals surface area contributed by atoms with E-state index in [1.807, 2.05) is 0 Å². The highest BCUT2D eigenvalue weighted by molar-refractivity contribution is 5.12. The van der Waals surface area contributed by atoms with Crippen molar-refractivity contribution in [2.75, 3.05) is 0 Å². The highest BCUT2D eigenvalue weighted by Gasteiger charge is 2.63. The van der Waals surface area contributed by atoms with Crippen molar-refractivity contribution in [3.05, 3.63) is 0 Å². The molecule has 2 heteroatoms. The maximum atomic E-state index is 10.6. The summed E-state index contributed by atoms with van der Waals surface area (Å²) in [7, 11) is 0. The summed E-state index contributed by atoms with van der Waals surface area (Å²) in [5.41, 5.74) is -0.962. The summed E-state index contributed by atoms with van der Waals surface area (Å²) < 4.78 is 0. The van der Waals surface area contributed by atoms with Gasteiger partial charge >= 0.3 is 0 Å². The first-order chi connectivity index (χ1) is 7.14. The third-order valence-electron chi connectivity index (χ3n) is 6.27. The molecule has 0 aromatic rings. The fourth-order valence-electron chi connectivity index (χ4n) is 4.35. The van der Waals surface area contributed by atoms with E-state index in [9.17, 15) is 10.2 Å². The van der Waals surface area contributed by atoms with E-state index in [0.29, 0.717) is 11.8 Å². The lowest BCUT2D eigenvalue weighted by molar-refractivity contribution is -0.217. The van der Waals surface area contributed by atoms with Gasteiger partial charge in [0.25, 0.3) is 0 Å². The third-order valence-corrected chi connectivity index (χ3v) is 6.27. The smallest absolute Gasteiger partial charge is 0.0931 e. The van der Waals surface area contributed by atoms with Crippen LogP contribution in [-0.2, 0) is 0 Å². The summed E-state index contributed by atoms with van der Waals surface area (Å²) in [6.45, 7) is 10.6. The predicted octanol–water partition coefficient (Wildman–Crippen LogP) is 2.58. The molecule has 0 saturated heterocycles. The van der Waals surface area contributed by atoms with Crippen molar-refractivity contribution < 1.29 is 10.2 Å². The number of rotatable bonds is 0. The molecule has 94 valence electrons. The van der Waals surface area contributed by atoms with E-state index < -0.39 is 11.7 Å². The van der Waals surface area contributed by atoms with Crippen molar-refractivity contribution in [1.29, 1.82) is 0 Å². The summed E-state index contributed by atoms with van der Waals surface area (Å²) >= 11 is 0. The Hall–Kier alpha value is -0.0800. The highest BCUT2D eigenvalue weighted by Crippen LogP contribution is 2.64. The lowest BCUT2D eigenvalue weighted by Crippen LogP contribution is -2.63. The average Bonchev–Trinajstić information content (AvgIpc) is 2.42. The van der Waals surface area contributed by atoms with Gasteiger partial charge in [-0.15, -0.1) is 0 Å². The molecule has 2 N–H and O–H groups in total. The molecule has 2 rings (SSSR count). The van der Waals surface area contributed by atoms with Crippen LogP contribution in [-0.4, -0.2) is 21.9 Å². The summed E-state index contributed by atoms with van der Waals surface area (Å²) in [5.74, 6) is 1.18. The Morgan fingerprint density at radius 1 is 1.06 bits per heavy atom. The maximum absolute atomic E-state index is 10.6. The standard InChI is InChI=1S/C14H26O2/c1-9-6-7-10-12(2,3)14(5,16)11(15)8-13(9,10)4/h9-11,15-16H,6-8H2,1-5H3/t9-,10+,11+,13-,14+/m1/s1. The van der Waals surface area contributed by atoms with Gasteiger partial charge in [-0.2, -0.15) is 0 Å². The monoisotopic (exact) mass is 226 g/mol. The molecule has 16 heavy (non-hydrogen) atoms. The Morgan fingerprint density at radius 3 is 2.19 bits per heavy atom. The molecule has 0 aliphatic heterocycles. The summed E-state index contributed by atoms with van der Waals surface area (Å²) in [4.78, 5) is 0. The van der Waals surface area contributed by atoms with Gasteiger partial charge in [-0.05, 0) is 48.9 Å². The van der Waals surface area contributed by atoms with Gasteiger partial charge in [0.05, 0.1) is 11.7 Å². The molecule has 0 unspecified atom stereocenters. The average molecular weight is 226 g/mol. The second-order valence-corrected chi connectivity index (χ2v) is 7.13. The topological polar surface area (TPSA) is 40.5 Å². The van der Waals surface area contributed by atoms with Crippen LogP contribution in [0, 0.1) is 22.7 Å². The first kappa shape index (κ1) is 12.4. The van der Waals surface area contributed by atoms with Gasteiger partial charge in [0.2, 0.25) is 0 Å². The van der Waals surface area contributed by atoms with E-state index in [4.69, 9.17) is 0 Å². The van der Waals surface area contributed by atoms with Crippen molar-refractivity contribution in [3.8, 4) is 0 Å². The summed E-state index contributed by atoms with van der Waals surface area (Å²) in [6.07, 6.45) is 2.57. The molecule has 0 bridgehead atoms. The molecule has 0 radical (unpaired) electrons. The molecule has 0 amide bonds. The lowest BCUT2D eigenvalue weighted by Gasteiger charge is -2.58. The molecular weight excluding hydrogens is 200 g/mol. The van der Waals surface area contributed by atoms with E-state index in [1.165, 1.54) is 12.8 Å². The van der Waals surface area contributed by atoms with E-state index in [0.717, 1.165) is 6.42 Å². The Balaban J connectivity index is 2.44. The van der Waals surface area contributed by atoms with E-state index in [2.05, 4.69) is 27.7 Å². The lowest BCUT2D eigenvalue weighted by atomic mass is 9.50. The quantitative estimate of drug-likeness (QED) is 0.666. The molecule has 0 aromatic heterocycles. The normalized spacial score (nSPS) is 56.1. The van der Waals surface area contributed by atoms with Crippen molar-refractivity contribution in [2.24, 2.45) is 22.7 Å². The van der Waals surface area contributed by atoms with Crippen LogP contribution in [0.25, 0.3) is 0 Å². The van der Waals surface area contributed by atoms with Crippen molar-refractivity contribution >= 4 is 0 Å². The molecule has 2 saturated carbocycles. The molecule has 0 aromatic carbocycles. The zero-order valence-electron chi connectivity index (χ0n) is 11.2. The van der Waals surface area contributed by atoms with Crippen LogP contribution in [0.4, 0.5) is 0 Å². The largest absolute Gasteiger partial charge is 0.390 e. The van der Waals surface area contributed by atoms with Crippen LogP contribution in [0.3, 0.4) is 0 Å². The summed E-state index contributed by atoms with van der Waals surface area (Å²) in [6, 6.07) is 0. The molecular formula is C14H26O2. The zero-order valence-corrected chi connectivity index (χ0v) is 11.2. The number of hydrogen-bond donors (Lipinski definition) is 2. The molecule has 2 nitrogen and oxygen atoms in total. The van der Waals surface area contributed by atoms with Gasteiger partial charge < -0.3 is 10.2 Å².